The van der Waals surface area contributed by atoms with E-state index in [2.05, 4.69) is 25.3 Å². The summed E-state index contributed by atoms with van der Waals surface area (Å²) in [6.07, 6.45) is 5.52. The van der Waals surface area contributed by atoms with E-state index in [4.69, 9.17) is 9.72 Å². The van der Waals surface area contributed by atoms with Crippen LogP contribution in [-0.2, 0) is 11.3 Å². The number of aromatic nitrogens is 5. The third-order valence-electron chi connectivity index (χ3n) is 5.39. The lowest BCUT2D eigenvalue weighted by molar-refractivity contribution is 0.0953. The number of morpholine rings is 1. The normalized spacial score (nSPS) is 14.4. The van der Waals surface area contributed by atoms with E-state index in [0.717, 1.165) is 40.8 Å². The van der Waals surface area contributed by atoms with Crippen LogP contribution in [0, 0.1) is 0 Å². The number of H-pyrrole nitrogens is 1. The number of aromatic amines is 1. The average molecular weight is 438 g/mol. The number of ether oxygens (including phenoxy) is 1. The number of hydrogen-bond donors (Lipinski definition) is 2. The van der Waals surface area contributed by atoms with Gasteiger partial charge >= 0.3 is 0 Å². The zero-order valence-corrected chi connectivity index (χ0v) is 18.0. The van der Waals surface area contributed by atoms with E-state index in [0.29, 0.717) is 37.0 Å². The summed E-state index contributed by atoms with van der Waals surface area (Å²) >= 11 is 1.51. The molecule has 0 aliphatic carbocycles. The van der Waals surface area contributed by atoms with Crippen LogP contribution >= 0.6 is 11.8 Å². The summed E-state index contributed by atoms with van der Waals surface area (Å²) in [5, 5.41) is 10.1. The summed E-state index contributed by atoms with van der Waals surface area (Å²) in [7, 11) is 0. The molecular weight excluding hydrogens is 414 g/mol. The second-order valence-electron chi connectivity index (χ2n) is 7.24. The Balaban J connectivity index is 1.34. The Bertz CT molecular complexity index is 1230. The van der Waals surface area contributed by atoms with Crippen LogP contribution < -0.4 is 10.2 Å². The molecule has 4 heterocycles. The first-order valence-corrected chi connectivity index (χ1v) is 11.4. The maximum atomic E-state index is 12.7. The maximum Gasteiger partial charge on any atom is 0.253 e. The lowest BCUT2D eigenvalue weighted by Crippen LogP contribution is -2.37. The second-order valence-corrected chi connectivity index (χ2v) is 8.02. The van der Waals surface area contributed by atoms with E-state index < -0.39 is 0 Å². The highest BCUT2D eigenvalue weighted by Gasteiger charge is 2.20. The maximum absolute atomic E-state index is 12.7. The lowest BCUT2D eigenvalue weighted by Gasteiger charge is -2.28. The Morgan fingerprint density at radius 2 is 2.06 bits per heavy atom. The SMILES string of the molecule is CSc1nc(N2CCOCC2)c2cnn(CCNC(=O)c3c[nH]c4ccccc34)c2n1. The third-order valence-corrected chi connectivity index (χ3v) is 5.94. The van der Waals surface area contributed by atoms with E-state index >= 15 is 0 Å². The van der Waals surface area contributed by atoms with Gasteiger partial charge in [-0.15, -0.1) is 0 Å². The molecule has 1 aromatic carbocycles. The number of benzene rings is 1. The number of fused-ring (bicyclic) bond motifs is 2. The fraction of sp³-hybridized carbons (Fsp3) is 0.333. The Morgan fingerprint density at radius 1 is 1.23 bits per heavy atom. The van der Waals surface area contributed by atoms with Gasteiger partial charge in [-0.3, -0.25) is 4.79 Å². The molecule has 0 bridgehead atoms. The first-order chi connectivity index (χ1) is 15.2. The summed E-state index contributed by atoms with van der Waals surface area (Å²) in [6.45, 7) is 3.94. The number of thioether (sulfide) groups is 1. The van der Waals surface area contributed by atoms with Gasteiger partial charge in [0.2, 0.25) is 0 Å². The van der Waals surface area contributed by atoms with Crippen LogP contribution in [0.15, 0.2) is 41.8 Å². The van der Waals surface area contributed by atoms with Gasteiger partial charge in [0.25, 0.3) is 5.91 Å². The molecule has 1 saturated heterocycles. The molecule has 1 amide bonds. The predicted molar refractivity (Wildman–Crippen MR) is 121 cm³/mol. The monoisotopic (exact) mass is 437 g/mol. The molecule has 1 aliphatic rings. The van der Waals surface area contributed by atoms with Crippen molar-refractivity contribution in [2.75, 3.05) is 44.0 Å². The van der Waals surface area contributed by atoms with Gasteiger partial charge in [-0.25, -0.2) is 14.6 Å². The van der Waals surface area contributed by atoms with E-state index in [1.807, 2.05) is 41.4 Å². The molecule has 0 spiro atoms. The summed E-state index contributed by atoms with van der Waals surface area (Å²) in [4.78, 5) is 27.4. The highest BCUT2D eigenvalue weighted by Crippen LogP contribution is 2.27. The molecule has 3 aromatic heterocycles. The van der Waals surface area contributed by atoms with Crippen molar-refractivity contribution < 1.29 is 9.53 Å². The van der Waals surface area contributed by atoms with Crippen LogP contribution in [0.5, 0.6) is 0 Å². The van der Waals surface area contributed by atoms with Gasteiger partial charge in [-0.2, -0.15) is 5.10 Å². The van der Waals surface area contributed by atoms with Gasteiger partial charge < -0.3 is 19.9 Å². The van der Waals surface area contributed by atoms with Crippen molar-refractivity contribution in [1.82, 2.24) is 30.0 Å². The Hall–Kier alpha value is -3.11. The molecule has 1 fully saturated rings. The summed E-state index contributed by atoms with van der Waals surface area (Å²) in [5.74, 6) is 0.786. The van der Waals surface area contributed by atoms with Crippen LogP contribution in [-0.4, -0.2) is 69.7 Å². The fourth-order valence-corrected chi connectivity index (χ4v) is 4.18. The largest absolute Gasteiger partial charge is 0.378 e. The Morgan fingerprint density at radius 3 is 2.90 bits per heavy atom. The van der Waals surface area contributed by atoms with Crippen molar-refractivity contribution in [3.63, 3.8) is 0 Å². The van der Waals surface area contributed by atoms with Gasteiger partial charge in [-0.05, 0) is 12.3 Å². The number of carbonyl (C=O) groups is 1. The minimum atomic E-state index is -0.109. The van der Waals surface area contributed by atoms with E-state index in [-0.39, 0.29) is 5.91 Å². The average Bonchev–Trinajstić information content (AvgIpc) is 3.43. The van der Waals surface area contributed by atoms with E-state index in [1.165, 1.54) is 11.8 Å². The van der Waals surface area contributed by atoms with Crippen molar-refractivity contribution in [1.29, 1.82) is 0 Å². The number of nitrogens with zero attached hydrogens (tertiary/aromatic N) is 5. The molecule has 5 rings (SSSR count). The van der Waals surface area contributed by atoms with Crippen LogP contribution in [0.3, 0.4) is 0 Å². The number of hydrogen-bond acceptors (Lipinski definition) is 7. The predicted octanol–water partition coefficient (Wildman–Crippen LogP) is 2.30. The van der Waals surface area contributed by atoms with Crippen molar-refractivity contribution in [3.05, 3.63) is 42.2 Å². The first-order valence-electron chi connectivity index (χ1n) is 10.2. The number of nitrogens with one attached hydrogen (secondary N) is 2. The number of anilines is 1. The molecule has 4 aromatic rings. The molecule has 1 aliphatic heterocycles. The van der Waals surface area contributed by atoms with Gasteiger partial charge in [0.15, 0.2) is 10.8 Å². The Labute approximate surface area is 183 Å². The molecule has 160 valence electrons. The molecule has 0 radical (unpaired) electrons. The second kappa shape index (κ2) is 8.56. The summed E-state index contributed by atoms with van der Waals surface area (Å²) < 4.78 is 7.30. The quantitative estimate of drug-likeness (QED) is 0.353. The van der Waals surface area contributed by atoms with Gasteiger partial charge in [0, 0.05) is 36.7 Å². The van der Waals surface area contributed by atoms with Gasteiger partial charge in [0.05, 0.1) is 36.9 Å². The molecule has 0 unspecified atom stereocenters. The van der Waals surface area contributed by atoms with Crippen LogP contribution in [0.25, 0.3) is 21.9 Å². The van der Waals surface area contributed by atoms with Crippen LogP contribution in [0.1, 0.15) is 10.4 Å². The van der Waals surface area contributed by atoms with Crippen molar-refractivity contribution in [3.8, 4) is 0 Å². The number of carbonyl (C=O) groups excluding carboxylic acids is 1. The van der Waals surface area contributed by atoms with Crippen LogP contribution in [0.2, 0.25) is 0 Å². The molecular formula is C21H23N7O2S. The third kappa shape index (κ3) is 3.84. The van der Waals surface area contributed by atoms with Crippen molar-refractivity contribution in [2.45, 2.75) is 11.7 Å². The molecule has 0 saturated carbocycles. The van der Waals surface area contributed by atoms with Gasteiger partial charge in [0.1, 0.15) is 5.82 Å². The van der Waals surface area contributed by atoms with E-state index in [1.54, 1.807) is 6.20 Å². The minimum absolute atomic E-state index is 0.109. The van der Waals surface area contributed by atoms with Gasteiger partial charge in [-0.1, -0.05) is 30.0 Å². The standard InChI is InChI=1S/C21H23N7O2S/c1-31-21-25-18(27-8-10-30-11-9-27)16-13-24-28(19(16)26-21)7-6-22-20(29)15-12-23-17-5-3-2-4-14(15)17/h2-5,12-13,23H,6-11H2,1H3,(H,22,29). The molecule has 2 N–H and O–H groups in total. The summed E-state index contributed by atoms with van der Waals surface area (Å²) in [6, 6.07) is 7.77. The highest BCUT2D eigenvalue weighted by atomic mass is 32.2. The number of amides is 1. The molecule has 31 heavy (non-hydrogen) atoms. The molecule has 10 heteroatoms. The van der Waals surface area contributed by atoms with Crippen molar-refractivity contribution in [2.24, 2.45) is 0 Å². The van der Waals surface area contributed by atoms with Crippen LogP contribution in [0.4, 0.5) is 5.82 Å². The van der Waals surface area contributed by atoms with Crippen molar-refractivity contribution >= 4 is 45.4 Å². The summed E-state index contributed by atoms with van der Waals surface area (Å²) in [5.41, 5.74) is 2.37. The zero-order chi connectivity index (χ0) is 21.2. The first kappa shape index (κ1) is 19.8. The van der Waals surface area contributed by atoms with E-state index in [9.17, 15) is 4.79 Å². The molecule has 0 atom stereocenters. The highest BCUT2D eigenvalue weighted by molar-refractivity contribution is 7.98. The smallest absolute Gasteiger partial charge is 0.253 e. The number of para-hydroxylation sites is 1. The Kier molecular flexibility index (Phi) is 5.47. The topological polar surface area (TPSA) is 101 Å². The number of rotatable bonds is 6. The lowest BCUT2D eigenvalue weighted by atomic mass is 10.1. The minimum Gasteiger partial charge on any atom is -0.378 e. The zero-order valence-electron chi connectivity index (χ0n) is 17.2. The molecule has 9 nitrogen and oxygen atoms in total. The fourth-order valence-electron chi connectivity index (χ4n) is 3.82.